The van der Waals surface area contributed by atoms with E-state index >= 15 is 0 Å². The maximum atomic E-state index is 10.4. The van der Waals surface area contributed by atoms with Crippen LogP contribution < -0.4 is 11.5 Å². The lowest BCUT2D eigenvalue weighted by Crippen LogP contribution is -2.33. The van der Waals surface area contributed by atoms with E-state index in [2.05, 4.69) is 0 Å². The van der Waals surface area contributed by atoms with Gasteiger partial charge in [0.2, 0.25) is 0 Å². The van der Waals surface area contributed by atoms with Crippen LogP contribution in [0.4, 0.5) is 0 Å². The lowest BCUT2D eigenvalue weighted by molar-refractivity contribution is 0.350. The average Bonchev–Trinajstić information content (AvgIpc) is 2.88. The van der Waals surface area contributed by atoms with Gasteiger partial charge in [0.15, 0.2) is 0 Å². The van der Waals surface area contributed by atoms with Crippen molar-refractivity contribution in [2.75, 3.05) is 13.1 Å². The molecule has 5 heteroatoms. The van der Waals surface area contributed by atoms with Gasteiger partial charge in [-0.2, -0.15) is 0 Å². The van der Waals surface area contributed by atoms with Gasteiger partial charge in [-0.25, -0.2) is 0 Å². The number of unbranched alkanes of at least 4 members (excludes halogenated alkanes) is 26. The molecule has 0 aromatic rings. The van der Waals surface area contributed by atoms with Gasteiger partial charge in [0.1, 0.15) is 0 Å². The standard InChI is InChI=1S/C32H70N2O2Si/c33-29-25-21-17-13-9-5-1-3-7-11-15-19-23-27-31-37(35,36)32-28-24-20-16-12-8-4-2-6-10-14-18-22-26-30-34/h35-36H,1-34H2. The first-order valence-corrected chi connectivity index (χ1v) is 19.3. The molecule has 0 spiro atoms. The highest BCUT2D eigenvalue weighted by atomic mass is 28.4. The lowest BCUT2D eigenvalue weighted by Gasteiger charge is -2.17. The van der Waals surface area contributed by atoms with Gasteiger partial charge < -0.3 is 21.1 Å². The molecule has 0 unspecified atom stereocenters. The molecule has 224 valence electrons. The van der Waals surface area contributed by atoms with Crippen molar-refractivity contribution in [3.8, 4) is 0 Å². The summed E-state index contributed by atoms with van der Waals surface area (Å²) < 4.78 is 0. The minimum absolute atomic E-state index is 0.686. The fourth-order valence-corrected chi connectivity index (χ4v) is 7.35. The van der Waals surface area contributed by atoms with E-state index in [4.69, 9.17) is 11.5 Å². The molecule has 0 rings (SSSR count). The van der Waals surface area contributed by atoms with Crippen molar-refractivity contribution in [3.63, 3.8) is 0 Å². The Kier molecular flexibility index (Phi) is 30.6. The van der Waals surface area contributed by atoms with Crippen LogP contribution in [0, 0.1) is 0 Å². The lowest BCUT2D eigenvalue weighted by atomic mass is 10.0. The molecule has 37 heavy (non-hydrogen) atoms. The van der Waals surface area contributed by atoms with Crippen LogP contribution in [0.5, 0.6) is 0 Å². The molecule has 0 aromatic carbocycles. The summed E-state index contributed by atoms with van der Waals surface area (Å²) >= 11 is 0. The SMILES string of the molecule is NCCCCCCCCCCCCCCCC[Si](O)(O)CCCCCCCCCCCCCCCCN. The van der Waals surface area contributed by atoms with Crippen molar-refractivity contribution < 1.29 is 9.59 Å². The summed E-state index contributed by atoms with van der Waals surface area (Å²) in [5.41, 5.74) is 11.1. The second-order valence-corrected chi connectivity index (χ2v) is 14.9. The van der Waals surface area contributed by atoms with E-state index < -0.39 is 8.56 Å². The van der Waals surface area contributed by atoms with E-state index in [9.17, 15) is 9.59 Å². The van der Waals surface area contributed by atoms with Crippen molar-refractivity contribution in [3.05, 3.63) is 0 Å². The van der Waals surface area contributed by atoms with Gasteiger partial charge in [0.05, 0.1) is 0 Å². The highest BCUT2D eigenvalue weighted by molar-refractivity contribution is 6.64. The third kappa shape index (κ3) is 32.2. The summed E-state index contributed by atoms with van der Waals surface area (Å²) in [6.07, 6.45) is 36.7. The minimum atomic E-state index is -2.93. The normalized spacial score (nSPS) is 12.0. The van der Waals surface area contributed by atoms with Crippen molar-refractivity contribution in [2.45, 2.75) is 192 Å². The zero-order valence-corrected chi connectivity index (χ0v) is 26.2. The van der Waals surface area contributed by atoms with E-state index in [-0.39, 0.29) is 0 Å². The molecule has 0 saturated carbocycles. The van der Waals surface area contributed by atoms with E-state index in [1.54, 1.807) is 0 Å². The van der Waals surface area contributed by atoms with Gasteiger partial charge in [-0.1, -0.05) is 167 Å². The van der Waals surface area contributed by atoms with E-state index in [1.165, 1.54) is 167 Å². The highest BCUT2D eigenvalue weighted by Crippen LogP contribution is 2.20. The Morgan fingerprint density at radius 1 is 0.270 bits per heavy atom. The average molecular weight is 543 g/mol. The van der Waals surface area contributed by atoms with Crippen LogP contribution in [0.3, 0.4) is 0 Å². The molecule has 0 amide bonds. The Morgan fingerprint density at radius 3 is 0.622 bits per heavy atom. The Labute approximate surface area is 234 Å². The van der Waals surface area contributed by atoms with Crippen LogP contribution in [-0.4, -0.2) is 31.2 Å². The summed E-state index contributed by atoms with van der Waals surface area (Å²) in [6.45, 7) is 1.70. The van der Waals surface area contributed by atoms with Gasteiger partial charge in [-0.05, 0) is 38.0 Å². The molecular weight excluding hydrogens is 472 g/mol. The monoisotopic (exact) mass is 543 g/mol. The Hall–Kier alpha value is 0.0569. The minimum Gasteiger partial charge on any atom is -0.411 e. The molecule has 0 radical (unpaired) electrons. The van der Waals surface area contributed by atoms with Crippen LogP contribution >= 0.6 is 0 Å². The Balaban J connectivity index is 3.27. The first-order valence-electron chi connectivity index (χ1n) is 17.0. The largest absolute Gasteiger partial charge is 0.411 e. The smallest absolute Gasteiger partial charge is 0.332 e. The van der Waals surface area contributed by atoms with Crippen LogP contribution in [0.25, 0.3) is 0 Å². The maximum absolute atomic E-state index is 10.4. The van der Waals surface area contributed by atoms with Gasteiger partial charge in [-0.15, -0.1) is 0 Å². The third-order valence-corrected chi connectivity index (χ3v) is 10.4. The molecule has 0 aromatic heterocycles. The summed E-state index contributed by atoms with van der Waals surface area (Å²) in [7, 11) is -2.93. The summed E-state index contributed by atoms with van der Waals surface area (Å²) in [4.78, 5) is 20.8. The summed E-state index contributed by atoms with van der Waals surface area (Å²) in [5, 5.41) is 0. The van der Waals surface area contributed by atoms with Crippen LogP contribution in [-0.2, 0) is 0 Å². The van der Waals surface area contributed by atoms with Gasteiger partial charge in [-0.3, -0.25) is 0 Å². The molecule has 0 aliphatic carbocycles. The Morgan fingerprint density at radius 2 is 0.432 bits per heavy atom. The van der Waals surface area contributed by atoms with E-state index in [0.29, 0.717) is 12.1 Å². The molecule has 0 bridgehead atoms. The number of nitrogens with two attached hydrogens (primary N) is 2. The predicted molar refractivity (Wildman–Crippen MR) is 167 cm³/mol. The molecular formula is C32H70N2O2Si. The van der Waals surface area contributed by atoms with Crippen LogP contribution in [0.15, 0.2) is 0 Å². The van der Waals surface area contributed by atoms with Crippen molar-refractivity contribution in [1.82, 2.24) is 0 Å². The van der Waals surface area contributed by atoms with E-state index in [1.807, 2.05) is 0 Å². The van der Waals surface area contributed by atoms with Crippen LogP contribution in [0.1, 0.15) is 180 Å². The van der Waals surface area contributed by atoms with Crippen molar-refractivity contribution in [2.24, 2.45) is 11.5 Å². The van der Waals surface area contributed by atoms with Crippen LogP contribution in [0.2, 0.25) is 12.1 Å². The quantitative estimate of drug-likeness (QED) is 0.0503. The fourth-order valence-electron chi connectivity index (χ4n) is 5.47. The third-order valence-electron chi connectivity index (χ3n) is 8.06. The molecule has 4 nitrogen and oxygen atoms in total. The second-order valence-electron chi connectivity index (χ2n) is 12.0. The van der Waals surface area contributed by atoms with Gasteiger partial charge in [0.25, 0.3) is 0 Å². The summed E-state index contributed by atoms with van der Waals surface area (Å²) in [6, 6.07) is 1.37. The topological polar surface area (TPSA) is 92.5 Å². The zero-order valence-electron chi connectivity index (χ0n) is 25.2. The van der Waals surface area contributed by atoms with Gasteiger partial charge in [0, 0.05) is 0 Å². The number of rotatable bonds is 32. The number of hydrogen-bond donors (Lipinski definition) is 4. The fraction of sp³-hybridized carbons (Fsp3) is 1.00. The molecule has 0 aliphatic rings. The van der Waals surface area contributed by atoms with Gasteiger partial charge >= 0.3 is 8.56 Å². The second kappa shape index (κ2) is 30.6. The maximum Gasteiger partial charge on any atom is 0.332 e. The van der Waals surface area contributed by atoms with Crippen molar-refractivity contribution in [1.29, 1.82) is 0 Å². The van der Waals surface area contributed by atoms with E-state index in [0.717, 1.165) is 25.9 Å². The first kappa shape index (κ1) is 37.1. The molecule has 0 heterocycles. The zero-order chi connectivity index (χ0) is 27.1. The van der Waals surface area contributed by atoms with Crippen molar-refractivity contribution >= 4 is 8.56 Å². The first-order chi connectivity index (χ1) is 18.1. The summed E-state index contributed by atoms with van der Waals surface area (Å²) in [5.74, 6) is 0. The Bertz CT molecular complexity index is 388. The molecule has 0 aliphatic heterocycles. The molecule has 0 saturated heterocycles. The molecule has 0 fully saturated rings. The molecule has 0 atom stereocenters. The predicted octanol–water partition coefficient (Wildman–Crippen LogP) is 9.25. The molecule has 6 N–H and O–H groups in total. The highest BCUT2D eigenvalue weighted by Gasteiger charge is 2.27. The number of hydrogen-bond acceptors (Lipinski definition) is 4.